The summed E-state index contributed by atoms with van der Waals surface area (Å²) in [6.45, 7) is 6.04. The third-order valence-corrected chi connectivity index (χ3v) is 5.93. The minimum atomic E-state index is -1.04. The average molecular weight is 415 g/mol. The van der Waals surface area contributed by atoms with Crippen molar-refractivity contribution >= 4 is 27.8 Å². The number of hydrogen-bond donors (Lipinski definition) is 4. The van der Waals surface area contributed by atoms with E-state index in [9.17, 15) is 14.3 Å². The summed E-state index contributed by atoms with van der Waals surface area (Å²) in [6, 6.07) is 10.7. The maximum atomic E-state index is 14.5. The van der Waals surface area contributed by atoms with Gasteiger partial charge in [-0.15, -0.1) is 0 Å². The Morgan fingerprint density at radius 3 is 2.39 bits per heavy atom. The zero-order valence-corrected chi connectivity index (χ0v) is 17.4. The number of carboxylic acid groups (broad SMARTS) is 1. The number of benzene rings is 2. The fourth-order valence-electron chi connectivity index (χ4n) is 4.64. The van der Waals surface area contributed by atoms with E-state index < -0.39 is 5.97 Å². The van der Waals surface area contributed by atoms with Crippen LogP contribution >= 0.6 is 0 Å². The van der Waals surface area contributed by atoms with Gasteiger partial charge in [-0.1, -0.05) is 19.9 Å². The van der Waals surface area contributed by atoms with E-state index in [2.05, 4.69) is 15.0 Å². The third-order valence-electron chi connectivity index (χ3n) is 5.93. The van der Waals surface area contributed by atoms with Gasteiger partial charge in [0.2, 0.25) is 0 Å². The normalized spacial score (nSPS) is 11.8. The van der Waals surface area contributed by atoms with E-state index in [1.165, 1.54) is 12.1 Å². The van der Waals surface area contributed by atoms with Crippen LogP contribution in [-0.2, 0) is 0 Å². The number of nitrogens with one attached hydrogen (secondary N) is 3. The summed E-state index contributed by atoms with van der Waals surface area (Å²) in [5, 5.41) is 11.9. The predicted molar refractivity (Wildman–Crippen MR) is 121 cm³/mol. The van der Waals surface area contributed by atoms with Crippen LogP contribution in [-0.4, -0.2) is 26.0 Å². The minimum absolute atomic E-state index is 0.000192. The van der Waals surface area contributed by atoms with Crippen molar-refractivity contribution in [3.63, 3.8) is 0 Å². The highest BCUT2D eigenvalue weighted by molar-refractivity contribution is 6.07. The highest BCUT2D eigenvalue weighted by atomic mass is 19.1. The number of aromatic carboxylic acids is 1. The monoisotopic (exact) mass is 415 g/mol. The number of carbonyl (C=O) groups is 1. The number of aryl methyl sites for hydroxylation is 1. The highest BCUT2D eigenvalue weighted by Gasteiger charge is 2.28. The van der Waals surface area contributed by atoms with Crippen LogP contribution in [0.3, 0.4) is 0 Å². The molecule has 31 heavy (non-hydrogen) atoms. The molecule has 5 nitrogen and oxygen atoms in total. The van der Waals surface area contributed by atoms with Gasteiger partial charge in [0.1, 0.15) is 11.5 Å². The standard InChI is InChI=1S/C25H22FN3O2/c1-12(2)20-22(21-13(3)4-5-18-16(21)7-9-27-18)24(25(30)31)29-23(20)17-10-14(26)11-19-15(17)6-8-28-19/h4-12,27-29H,1-3H3,(H,30,31). The molecule has 6 heteroatoms. The number of H-pyrrole nitrogens is 3. The topological polar surface area (TPSA) is 84.7 Å². The quantitative estimate of drug-likeness (QED) is 0.267. The van der Waals surface area contributed by atoms with Crippen molar-refractivity contribution in [2.24, 2.45) is 0 Å². The van der Waals surface area contributed by atoms with Crippen LogP contribution in [0.2, 0.25) is 0 Å². The van der Waals surface area contributed by atoms with E-state index in [4.69, 9.17) is 0 Å². The molecular weight excluding hydrogens is 393 g/mol. The van der Waals surface area contributed by atoms with E-state index in [-0.39, 0.29) is 17.4 Å². The second kappa shape index (κ2) is 6.87. The van der Waals surface area contributed by atoms with Crippen molar-refractivity contribution in [3.05, 3.63) is 71.4 Å². The lowest BCUT2D eigenvalue weighted by Gasteiger charge is -2.15. The van der Waals surface area contributed by atoms with Crippen LogP contribution in [0.25, 0.3) is 44.2 Å². The fraction of sp³-hybridized carbons (Fsp3) is 0.160. The summed E-state index contributed by atoms with van der Waals surface area (Å²) in [4.78, 5) is 21.8. The summed E-state index contributed by atoms with van der Waals surface area (Å²) in [5.41, 5.74) is 6.39. The Hall–Kier alpha value is -3.80. The molecule has 5 rings (SSSR count). The predicted octanol–water partition coefficient (Wildman–Crippen LogP) is 6.58. The zero-order valence-electron chi connectivity index (χ0n) is 17.4. The van der Waals surface area contributed by atoms with Gasteiger partial charge in [0.15, 0.2) is 0 Å². The first-order valence-electron chi connectivity index (χ1n) is 10.2. The van der Waals surface area contributed by atoms with Crippen LogP contribution in [0.15, 0.2) is 48.8 Å². The highest BCUT2D eigenvalue weighted by Crippen LogP contribution is 2.45. The molecule has 156 valence electrons. The number of hydrogen-bond acceptors (Lipinski definition) is 1. The summed E-state index contributed by atoms with van der Waals surface area (Å²) in [7, 11) is 0. The van der Waals surface area contributed by atoms with Crippen molar-refractivity contribution in [2.45, 2.75) is 26.7 Å². The lowest BCUT2D eigenvalue weighted by Crippen LogP contribution is -2.01. The van der Waals surface area contributed by atoms with E-state index in [0.717, 1.165) is 33.0 Å². The van der Waals surface area contributed by atoms with Crippen molar-refractivity contribution in [2.75, 3.05) is 0 Å². The van der Waals surface area contributed by atoms with Gasteiger partial charge in [0, 0.05) is 45.3 Å². The molecule has 2 aromatic carbocycles. The Morgan fingerprint density at radius 1 is 0.968 bits per heavy atom. The first-order chi connectivity index (χ1) is 14.9. The van der Waals surface area contributed by atoms with E-state index in [1.54, 1.807) is 6.20 Å². The largest absolute Gasteiger partial charge is 0.477 e. The van der Waals surface area contributed by atoms with Crippen LogP contribution < -0.4 is 0 Å². The van der Waals surface area contributed by atoms with Crippen molar-refractivity contribution in [3.8, 4) is 22.4 Å². The number of carboxylic acids is 1. The lowest BCUT2D eigenvalue weighted by atomic mass is 9.87. The smallest absolute Gasteiger partial charge is 0.352 e. The average Bonchev–Trinajstić information content (AvgIpc) is 3.44. The van der Waals surface area contributed by atoms with Crippen molar-refractivity contribution in [1.82, 2.24) is 15.0 Å². The van der Waals surface area contributed by atoms with Gasteiger partial charge >= 0.3 is 5.97 Å². The lowest BCUT2D eigenvalue weighted by molar-refractivity contribution is 0.0692. The number of rotatable bonds is 4. The molecule has 3 heterocycles. The number of fused-ring (bicyclic) bond motifs is 2. The van der Waals surface area contributed by atoms with Gasteiger partial charge in [-0.25, -0.2) is 9.18 Å². The molecule has 0 spiro atoms. The maximum absolute atomic E-state index is 14.5. The molecule has 0 amide bonds. The van der Waals surface area contributed by atoms with E-state index in [1.807, 2.05) is 51.2 Å². The summed E-state index contributed by atoms with van der Waals surface area (Å²) in [6.07, 6.45) is 3.61. The SMILES string of the molecule is Cc1ccc2[nH]ccc2c1-c1c(C(=O)O)[nH]c(-c2cc(F)cc3[nH]ccc23)c1C(C)C. The molecule has 5 aromatic rings. The summed E-state index contributed by atoms with van der Waals surface area (Å²) >= 11 is 0. The molecule has 3 aromatic heterocycles. The van der Waals surface area contributed by atoms with Crippen LogP contribution in [0.4, 0.5) is 4.39 Å². The Labute approximate surface area is 177 Å². The van der Waals surface area contributed by atoms with Gasteiger partial charge in [-0.05, 0) is 59.9 Å². The van der Waals surface area contributed by atoms with Gasteiger partial charge < -0.3 is 20.1 Å². The first kappa shape index (κ1) is 19.2. The van der Waals surface area contributed by atoms with E-state index >= 15 is 0 Å². The van der Waals surface area contributed by atoms with Gasteiger partial charge in [-0.2, -0.15) is 0 Å². The molecule has 0 aliphatic heterocycles. The Kier molecular flexibility index (Phi) is 4.25. The molecule has 0 unspecified atom stereocenters. The van der Waals surface area contributed by atoms with Crippen LogP contribution in [0, 0.1) is 12.7 Å². The molecule has 0 atom stereocenters. The third kappa shape index (κ3) is 2.86. The number of aromatic amines is 3. The zero-order chi connectivity index (χ0) is 21.9. The molecule has 0 bridgehead atoms. The van der Waals surface area contributed by atoms with E-state index in [0.29, 0.717) is 22.3 Å². The molecule has 4 N–H and O–H groups in total. The Balaban J connectivity index is 1.94. The van der Waals surface area contributed by atoms with Crippen molar-refractivity contribution in [1.29, 1.82) is 0 Å². The minimum Gasteiger partial charge on any atom is -0.477 e. The molecule has 0 aliphatic rings. The van der Waals surface area contributed by atoms with Gasteiger partial charge in [0.05, 0.1) is 5.69 Å². The second-order valence-electron chi connectivity index (χ2n) is 8.21. The molecular formula is C25H22FN3O2. The molecule has 0 fully saturated rings. The van der Waals surface area contributed by atoms with Crippen LogP contribution in [0.1, 0.15) is 41.4 Å². The Bertz CT molecular complexity index is 1470. The first-order valence-corrected chi connectivity index (χ1v) is 10.2. The van der Waals surface area contributed by atoms with Crippen molar-refractivity contribution < 1.29 is 14.3 Å². The van der Waals surface area contributed by atoms with Gasteiger partial charge in [-0.3, -0.25) is 0 Å². The fourth-order valence-corrected chi connectivity index (χ4v) is 4.64. The Morgan fingerprint density at radius 2 is 1.68 bits per heavy atom. The summed E-state index contributed by atoms with van der Waals surface area (Å²) < 4.78 is 14.5. The van der Waals surface area contributed by atoms with Crippen LogP contribution in [0.5, 0.6) is 0 Å². The number of halogens is 1. The summed E-state index contributed by atoms with van der Waals surface area (Å²) in [5.74, 6) is -1.42. The number of aromatic nitrogens is 3. The van der Waals surface area contributed by atoms with Gasteiger partial charge in [0.25, 0.3) is 0 Å². The molecule has 0 aliphatic carbocycles. The molecule has 0 radical (unpaired) electrons. The molecule has 0 saturated heterocycles. The maximum Gasteiger partial charge on any atom is 0.352 e. The second-order valence-corrected chi connectivity index (χ2v) is 8.21. The molecule has 0 saturated carbocycles.